The van der Waals surface area contributed by atoms with Gasteiger partial charge in [-0.05, 0) is 32.1 Å². The number of hydrogen-bond donors (Lipinski definition) is 1. The minimum atomic E-state index is 0.358. The molecule has 1 aromatic carbocycles. The van der Waals surface area contributed by atoms with E-state index in [0.29, 0.717) is 25.0 Å². The smallest absolute Gasteiger partial charge is 0.152 e. The molecular weight excluding hydrogens is 284 g/mol. The Morgan fingerprint density at radius 2 is 1.35 bits per heavy atom. The first-order chi connectivity index (χ1) is 11.2. The van der Waals surface area contributed by atoms with Crippen molar-refractivity contribution in [3.8, 4) is 11.5 Å². The summed E-state index contributed by atoms with van der Waals surface area (Å²) in [6, 6.07) is 0. The Kier molecular flexibility index (Phi) is 5.86. The third kappa shape index (κ3) is 3.42. The fourth-order valence-corrected chi connectivity index (χ4v) is 3.16. The van der Waals surface area contributed by atoms with E-state index in [4.69, 9.17) is 4.74 Å². The SMILES string of the molecule is C=CC[C]1CCc2c(CC=C)c(O)c(CC=C)c(CC=C)c2O1. The summed E-state index contributed by atoms with van der Waals surface area (Å²) in [5.41, 5.74) is 3.93. The van der Waals surface area contributed by atoms with Crippen molar-refractivity contribution < 1.29 is 9.84 Å². The van der Waals surface area contributed by atoms with Gasteiger partial charge < -0.3 is 9.84 Å². The molecule has 1 aliphatic heterocycles. The van der Waals surface area contributed by atoms with Crippen LogP contribution in [0.4, 0.5) is 0 Å². The summed E-state index contributed by atoms with van der Waals surface area (Å²) < 4.78 is 6.20. The molecule has 1 radical (unpaired) electrons. The van der Waals surface area contributed by atoms with Gasteiger partial charge in [0.25, 0.3) is 0 Å². The molecule has 0 amide bonds. The van der Waals surface area contributed by atoms with Crippen molar-refractivity contribution in [1.82, 2.24) is 0 Å². The number of allylic oxidation sites excluding steroid dienone is 3. The number of phenols is 1. The Hall–Kier alpha value is -2.22. The number of hydrogen-bond acceptors (Lipinski definition) is 2. The molecule has 2 heteroatoms. The summed E-state index contributed by atoms with van der Waals surface area (Å²) in [7, 11) is 0. The lowest BCUT2D eigenvalue weighted by molar-refractivity contribution is 0.277. The van der Waals surface area contributed by atoms with Gasteiger partial charge >= 0.3 is 0 Å². The fourth-order valence-electron chi connectivity index (χ4n) is 3.16. The molecule has 0 saturated carbocycles. The standard InChI is InChI=1S/C21H25O2/c1-5-9-15-13-14-19-17(11-7-3)20(22)16(10-6-2)18(12-8-4)21(19)23-15/h5-8,22H,1-4,9-14H2. The zero-order valence-electron chi connectivity index (χ0n) is 13.7. The molecule has 1 N–H and O–H groups in total. The van der Waals surface area contributed by atoms with E-state index in [1.54, 1.807) is 0 Å². The molecule has 0 aromatic heterocycles. The maximum atomic E-state index is 10.8. The van der Waals surface area contributed by atoms with Gasteiger partial charge in [0, 0.05) is 28.7 Å². The molecule has 23 heavy (non-hydrogen) atoms. The van der Waals surface area contributed by atoms with Crippen molar-refractivity contribution in [1.29, 1.82) is 0 Å². The first-order valence-electron chi connectivity index (χ1n) is 8.02. The Bertz CT molecular complexity index is 625. The summed E-state index contributed by atoms with van der Waals surface area (Å²) >= 11 is 0. The summed E-state index contributed by atoms with van der Waals surface area (Å²) in [4.78, 5) is 0. The molecular formula is C21H25O2. The van der Waals surface area contributed by atoms with E-state index >= 15 is 0 Å². The van der Waals surface area contributed by atoms with Crippen molar-refractivity contribution in [2.75, 3.05) is 0 Å². The highest BCUT2D eigenvalue weighted by molar-refractivity contribution is 5.61. The lowest BCUT2D eigenvalue weighted by Gasteiger charge is -2.30. The molecule has 0 saturated heterocycles. The fraction of sp³-hybridized carbons (Fsp3) is 0.286. The Balaban J connectivity index is 2.65. The van der Waals surface area contributed by atoms with Crippen LogP contribution in [0, 0.1) is 6.10 Å². The van der Waals surface area contributed by atoms with Crippen molar-refractivity contribution in [2.45, 2.75) is 38.5 Å². The van der Waals surface area contributed by atoms with Crippen LogP contribution >= 0.6 is 0 Å². The third-order valence-electron chi connectivity index (χ3n) is 4.17. The van der Waals surface area contributed by atoms with Crippen LogP contribution in [0.3, 0.4) is 0 Å². The van der Waals surface area contributed by atoms with Crippen molar-refractivity contribution in [3.05, 3.63) is 79.0 Å². The molecule has 0 aliphatic carbocycles. The highest BCUT2D eigenvalue weighted by Crippen LogP contribution is 2.44. The Labute approximate surface area is 139 Å². The zero-order valence-corrected chi connectivity index (χ0v) is 13.7. The second-order valence-corrected chi connectivity index (χ2v) is 5.70. The Morgan fingerprint density at radius 1 is 0.783 bits per heavy atom. The highest BCUT2D eigenvalue weighted by atomic mass is 16.5. The molecule has 0 atom stereocenters. The van der Waals surface area contributed by atoms with Crippen molar-refractivity contribution in [3.63, 3.8) is 0 Å². The number of fused-ring (bicyclic) bond motifs is 1. The van der Waals surface area contributed by atoms with E-state index in [1.165, 1.54) is 0 Å². The maximum Gasteiger partial charge on any atom is 0.152 e. The maximum absolute atomic E-state index is 10.8. The van der Waals surface area contributed by atoms with E-state index < -0.39 is 0 Å². The molecule has 2 rings (SSSR count). The van der Waals surface area contributed by atoms with Gasteiger partial charge in [0.05, 0.1) is 0 Å². The molecule has 2 nitrogen and oxygen atoms in total. The molecule has 1 aromatic rings. The Morgan fingerprint density at radius 3 is 1.96 bits per heavy atom. The van der Waals surface area contributed by atoms with Crippen LogP contribution in [0.5, 0.6) is 11.5 Å². The minimum absolute atomic E-state index is 0.358. The molecule has 0 fully saturated rings. The number of phenolic OH excluding ortho intramolecular Hbond substituents is 1. The van der Waals surface area contributed by atoms with Gasteiger partial charge in [0.15, 0.2) is 6.10 Å². The average Bonchev–Trinajstić information content (AvgIpc) is 2.55. The topological polar surface area (TPSA) is 29.5 Å². The van der Waals surface area contributed by atoms with Crippen molar-refractivity contribution in [2.24, 2.45) is 0 Å². The van der Waals surface area contributed by atoms with Crippen LogP contribution in [-0.2, 0) is 25.7 Å². The molecule has 0 spiro atoms. The monoisotopic (exact) mass is 309 g/mol. The van der Waals surface area contributed by atoms with Crippen LogP contribution in [0.15, 0.2) is 50.6 Å². The number of rotatable bonds is 8. The quantitative estimate of drug-likeness (QED) is 0.684. The van der Waals surface area contributed by atoms with Crippen LogP contribution < -0.4 is 4.74 Å². The second kappa shape index (κ2) is 7.87. The normalized spacial score (nSPS) is 13.7. The lowest BCUT2D eigenvalue weighted by Crippen LogP contribution is -2.18. The predicted molar refractivity (Wildman–Crippen MR) is 96.8 cm³/mol. The molecule has 1 heterocycles. The second-order valence-electron chi connectivity index (χ2n) is 5.70. The molecule has 121 valence electrons. The highest BCUT2D eigenvalue weighted by Gasteiger charge is 2.29. The van der Waals surface area contributed by atoms with Crippen molar-refractivity contribution >= 4 is 0 Å². The average molecular weight is 309 g/mol. The summed E-state index contributed by atoms with van der Waals surface area (Å²) in [6.45, 7) is 15.3. The van der Waals surface area contributed by atoms with Crippen LogP contribution in [0.1, 0.15) is 35.1 Å². The van der Waals surface area contributed by atoms with Gasteiger partial charge in [-0.25, -0.2) is 0 Å². The van der Waals surface area contributed by atoms with Crippen LogP contribution in [0.2, 0.25) is 0 Å². The third-order valence-corrected chi connectivity index (χ3v) is 4.17. The number of benzene rings is 1. The van der Waals surface area contributed by atoms with Crippen LogP contribution in [0.25, 0.3) is 0 Å². The van der Waals surface area contributed by atoms with Gasteiger partial charge in [-0.1, -0.05) is 24.3 Å². The lowest BCUT2D eigenvalue weighted by atomic mass is 9.86. The van der Waals surface area contributed by atoms with Gasteiger partial charge in [-0.15, -0.1) is 26.3 Å². The van der Waals surface area contributed by atoms with E-state index in [-0.39, 0.29) is 0 Å². The van der Waals surface area contributed by atoms with E-state index in [9.17, 15) is 5.11 Å². The summed E-state index contributed by atoms with van der Waals surface area (Å²) in [5.74, 6) is 1.25. The van der Waals surface area contributed by atoms with Gasteiger partial charge in [0.2, 0.25) is 0 Å². The minimum Gasteiger partial charge on any atom is -0.507 e. The van der Waals surface area contributed by atoms with E-state index in [1.807, 2.05) is 24.3 Å². The largest absolute Gasteiger partial charge is 0.507 e. The molecule has 1 aliphatic rings. The van der Waals surface area contributed by atoms with Gasteiger partial charge in [-0.3, -0.25) is 0 Å². The van der Waals surface area contributed by atoms with Gasteiger partial charge in [-0.2, -0.15) is 0 Å². The molecule has 0 bridgehead atoms. The summed E-state index contributed by atoms with van der Waals surface area (Å²) in [5, 5.41) is 10.8. The van der Waals surface area contributed by atoms with Gasteiger partial charge in [0.1, 0.15) is 11.5 Å². The van der Waals surface area contributed by atoms with E-state index in [2.05, 4.69) is 26.3 Å². The number of ether oxygens (including phenoxy) is 1. The first-order valence-corrected chi connectivity index (χ1v) is 8.02. The summed E-state index contributed by atoms with van der Waals surface area (Å²) in [6.07, 6.45) is 12.7. The first kappa shape index (κ1) is 17.1. The molecule has 0 unspecified atom stereocenters. The number of aromatic hydroxyl groups is 1. The van der Waals surface area contributed by atoms with E-state index in [0.717, 1.165) is 53.4 Å². The van der Waals surface area contributed by atoms with Crippen LogP contribution in [-0.4, -0.2) is 5.11 Å². The zero-order chi connectivity index (χ0) is 16.8. The predicted octanol–water partition coefficient (Wildman–Crippen LogP) is 5.01.